The van der Waals surface area contributed by atoms with Crippen molar-refractivity contribution in [1.29, 1.82) is 0 Å². The summed E-state index contributed by atoms with van der Waals surface area (Å²) < 4.78 is 35.8. The van der Waals surface area contributed by atoms with Crippen molar-refractivity contribution in [3.8, 4) is 23.3 Å². The number of rotatable bonds is 14. The summed E-state index contributed by atoms with van der Waals surface area (Å²) in [6.45, 7) is -1.65. The number of hydrogen-bond donors (Lipinski definition) is 15. The van der Waals surface area contributed by atoms with Crippen molar-refractivity contribution in [3.63, 3.8) is 0 Å². The van der Waals surface area contributed by atoms with Gasteiger partial charge in [0.1, 0.15) is 55.5 Å². The molecule has 4 fully saturated rings. The van der Waals surface area contributed by atoms with Crippen molar-refractivity contribution in [2.75, 3.05) is 58.2 Å². The summed E-state index contributed by atoms with van der Waals surface area (Å²) in [4.78, 5) is 59.2. The maximum absolute atomic E-state index is 15.8. The van der Waals surface area contributed by atoms with Crippen LogP contribution in [0.2, 0.25) is 0 Å². The van der Waals surface area contributed by atoms with Gasteiger partial charge in [-0.05, 0) is 121 Å². The molecule has 25 nitrogen and oxygen atoms in total. The molecule has 0 radical (unpaired) electrons. The van der Waals surface area contributed by atoms with Crippen LogP contribution < -0.4 is 57.7 Å². The molecule has 17 N–H and O–H groups in total. The lowest BCUT2D eigenvalue weighted by Crippen LogP contribution is -2.70. The topological polar surface area (TPSA) is 384 Å². The Labute approximate surface area is 572 Å². The number of benzene rings is 4. The maximum atomic E-state index is 15.8. The first-order valence-corrected chi connectivity index (χ1v) is 34.8. The Morgan fingerprint density at radius 2 is 1.78 bits per heavy atom. The summed E-state index contributed by atoms with van der Waals surface area (Å²) in [5.74, 6) is 0.926. The van der Waals surface area contributed by atoms with Crippen LogP contribution in [0.1, 0.15) is 134 Å². The Hall–Kier alpha value is -7.46. The number of hydrogen-bond acceptors (Lipinski definition) is 24. The van der Waals surface area contributed by atoms with Gasteiger partial charge in [0.15, 0.2) is 28.7 Å². The lowest BCUT2D eigenvalue weighted by atomic mass is 9.59. The smallest absolute Gasteiger partial charge is 0.242 e. The van der Waals surface area contributed by atoms with E-state index in [0.29, 0.717) is 46.6 Å². The minimum Gasteiger partial charge on any atom is -0.486 e. The summed E-state index contributed by atoms with van der Waals surface area (Å²) >= 11 is 0. The summed E-state index contributed by atoms with van der Waals surface area (Å²) in [5, 5.41) is 108. The number of ketones is 2. The number of anilines is 1. The highest BCUT2D eigenvalue weighted by molar-refractivity contribution is 6.29. The number of nitrogens with zero attached hydrogens (tertiary/aromatic N) is 1. The summed E-state index contributed by atoms with van der Waals surface area (Å²) in [7, 11) is 1.87. The zero-order valence-electron chi connectivity index (χ0n) is 55.1. The monoisotopic (exact) mass is 1360 g/mol. The average molecular weight is 1360 g/mol. The molecule has 4 aromatic carbocycles. The first kappa shape index (κ1) is 67.4. The number of nitrogens with one attached hydrogen (secondary N) is 6. The molecule has 99 heavy (non-hydrogen) atoms. The van der Waals surface area contributed by atoms with Crippen LogP contribution in [0.5, 0.6) is 11.5 Å². The number of aldehydes is 1. The zero-order chi connectivity index (χ0) is 68.8. The van der Waals surface area contributed by atoms with E-state index in [0.717, 1.165) is 53.5 Å². The predicted octanol–water partition coefficient (Wildman–Crippen LogP) is 0.326. The van der Waals surface area contributed by atoms with Crippen LogP contribution in [0.15, 0.2) is 95.4 Å². The van der Waals surface area contributed by atoms with Gasteiger partial charge in [0.05, 0.1) is 74.3 Å². The molecule has 0 aromatic heterocycles. The van der Waals surface area contributed by atoms with Crippen molar-refractivity contribution < 1.29 is 78.6 Å². The highest BCUT2D eigenvalue weighted by Gasteiger charge is 2.61. The van der Waals surface area contributed by atoms with Crippen LogP contribution in [0.25, 0.3) is 0 Å². The first-order valence-electron chi connectivity index (χ1n) is 34.8. The van der Waals surface area contributed by atoms with Crippen molar-refractivity contribution in [1.82, 2.24) is 31.9 Å². The Kier molecular flexibility index (Phi) is 18.5. The molecule has 1 amide bonds. The number of amides is 1. The number of fused-ring (bicyclic) bond motifs is 14. The normalized spacial score (nSPS) is 33.3. The minimum atomic E-state index is -2.59. The molecule has 0 unspecified atom stereocenters. The van der Waals surface area contributed by atoms with Gasteiger partial charge in [-0.1, -0.05) is 78.8 Å². The summed E-state index contributed by atoms with van der Waals surface area (Å²) in [6.07, 6.45) is -4.24. The van der Waals surface area contributed by atoms with Crippen molar-refractivity contribution in [2.24, 2.45) is 28.7 Å². The molecule has 1 spiro atoms. The van der Waals surface area contributed by atoms with E-state index in [1.807, 2.05) is 42.3 Å². The van der Waals surface area contributed by atoms with Crippen molar-refractivity contribution >= 4 is 29.4 Å². The second-order valence-corrected chi connectivity index (χ2v) is 28.4. The number of carbonyl (C=O) groups excluding carboxylic acids is 4. The third-order valence-corrected chi connectivity index (χ3v) is 22.7. The fourth-order valence-electron chi connectivity index (χ4n) is 17.8. The Morgan fingerprint density at radius 1 is 0.949 bits per heavy atom. The second kappa shape index (κ2) is 27.1. The number of carbonyl (C=O) groups is 4. The van der Waals surface area contributed by atoms with E-state index in [1.165, 1.54) is 12.1 Å². The van der Waals surface area contributed by atoms with E-state index in [-0.39, 0.29) is 110 Å². The predicted molar refractivity (Wildman–Crippen MR) is 358 cm³/mol. The number of aliphatic hydroxyl groups is 7. The molecular formula is C74H87N9O16. The molecule has 1 saturated carbocycles. The lowest BCUT2D eigenvalue weighted by Gasteiger charge is -2.51. The van der Waals surface area contributed by atoms with E-state index in [2.05, 4.69) is 62.0 Å². The van der Waals surface area contributed by atoms with Gasteiger partial charge in [-0.2, -0.15) is 0 Å². The molecule has 17 atom stereocenters. The van der Waals surface area contributed by atoms with E-state index >= 15 is 9.59 Å². The van der Waals surface area contributed by atoms with Gasteiger partial charge < -0.3 is 96.1 Å². The SMILES string of the molecule is CNCc1cc2cc3c1CC1=C[C@H](NC4CCCC4)C4=C(N)NCC=C4[C@]1(CO[C@@H]1[C@H]4Oc5c(cc6c(c5OC[C@H](O)CC=O)C(=O)c5cc(CO)ccc5C6=O)[C@@H](c5ccccc5N5CN[C@@H]6C(=O)N[C@@H](N)N[C@@H]65)[C@H]5CC[C@H](O)[C@H](C#C[C@](O)([C@H](COC5)O4)[C@H]1O)C2)[C@@H](O)[C@@H]3CCO. The van der Waals surface area contributed by atoms with E-state index < -0.39 is 147 Å². The van der Waals surface area contributed by atoms with Crippen molar-refractivity contribution in [2.45, 2.75) is 168 Å². The van der Waals surface area contributed by atoms with Gasteiger partial charge in [-0.3, -0.25) is 30.8 Å². The molecule has 9 bridgehead atoms. The first-order chi connectivity index (χ1) is 48.0. The molecule has 3 saturated heterocycles. The van der Waals surface area contributed by atoms with Gasteiger partial charge in [0, 0.05) is 77.5 Å². The van der Waals surface area contributed by atoms with Gasteiger partial charge in [0.25, 0.3) is 0 Å². The van der Waals surface area contributed by atoms with Crippen LogP contribution in [0, 0.1) is 29.1 Å². The van der Waals surface area contributed by atoms with E-state index in [4.69, 9.17) is 35.2 Å². The van der Waals surface area contributed by atoms with Gasteiger partial charge in [-0.15, -0.1) is 0 Å². The highest BCUT2D eigenvalue weighted by atomic mass is 16.7. The Bertz CT molecular complexity index is 4050. The van der Waals surface area contributed by atoms with Crippen LogP contribution in [-0.4, -0.2) is 192 Å². The fourth-order valence-corrected chi connectivity index (χ4v) is 17.8. The van der Waals surface area contributed by atoms with E-state index in [1.54, 1.807) is 12.1 Å². The number of dihydropyridines is 1. The third kappa shape index (κ3) is 11.6. The fraction of sp³-hybridized carbons (Fsp3) is 0.514. The maximum Gasteiger partial charge on any atom is 0.242 e. The molecular weight excluding hydrogens is 1270 g/mol. The van der Waals surface area contributed by atoms with Crippen LogP contribution in [0.4, 0.5) is 5.69 Å². The molecule has 11 aliphatic rings. The van der Waals surface area contributed by atoms with Gasteiger partial charge >= 0.3 is 0 Å². The zero-order valence-corrected chi connectivity index (χ0v) is 55.1. The number of para-hydroxylation sites is 1. The molecule has 524 valence electrons. The standard InChI is InChI=1S/C74H87N9O16/c1-77-29-40-23-37-22-38-14-18-74(94)56-33-95-31-39(11-13-55(38)88)57(46-8-4-5-9-54(46)83-35-79-60-69(83)81-72(76)82-70(60)93)51-28-50-58(62(90)49-24-36(30-86)10-12-44(49)61(50)89)64(96-32-43(87)16-20-84)63(51)99-71(98-56)65(67(74)92)97-34-73-41(26-47(40)48(25-37)45(17-21-85)66(73)91)27-53(80-42-6-2-3-7-42)59-52(73)15-19-78-68(59)75/h4-5,8-10,12,15,20,23-25,27-28,38-39,42-43,45,53,55-57,60,65-67,69,71-72,77-81,85-88,91-92,94H,2-3,6-7,11,13,16-17,19,21-22,26,29-35,75-76H2,1H3,(H,82,93)/t38-,39+,43-,45-,53+,55+,56+,57-,60+,65+,66+,67+,69-,71-,72+,73-,74+/m1/s1. The van der Waals surface area contributed by atoms with Gasteiger partial charge in [0.2, 0.25) is 12.2 Å². The minimum absolute atomic E-state index is 0.0228. The highest BCUT2D eigenvalue weighted by Crippen LogP contribution is 2.58. The van der Waals surface area contributed by atoms with Crippen LogP contribution in [-0.2, 0) is 49.8 Å². The number of aliphatic hydroxyl groups excluding tert-OH is 6. The molecule has 7 heterocycles. The molecule has 15 rings (SSSR count). The Morgan fingerprint density at radius 3 is 2.58 bits per heavy atom. The summed E-state index contributed by atoms with van der Waals surface area (Å²) in [6, 6.07) is 16.6. The van der Waals surface area contributed by atoms with E-state index in [9.17, 15) is 45.3 Å². The largest absolute Gasteiger partial charge is 0.486 e. The molecule has 25 heteroatoms. The van der Waals surface area contributed by atoms with Gasteiger partial charge in [-0.25, -0.2) is 0 Å². The van der Waals surface area contributed by atoms with Crippen LogP contribution >= 0.6 is 0 Å². The number of nitrogens with two attached hydrogens (primary N) is 2. The lowest BCUT2D eigenvalue weighted by molar-refractivity contribution is -0.311. The third-order valence-electron chi connectivity index (χ3n) is 22.7. The van der Waals surface area contributed by atoms with Crippen molar-refractivity contribution in [3.05, 3.63) is 157 Å². The molecule has 7 aliphatic heterocycles. The molecule has 4 aromatic rings. The quantitative estimate of drug-likeness (QED) is 0.0404. The average Bonchev–Trinajstić information content (AvgIpc) is 1.71. The van der Waals surface area contributed by atoms with Crippen LogP contribution in [0.3, 0.4) is 0 Å². The summed E-state index contributed by atoms with van der Waals surface area (Å²) in [5.41, 5.74) is 16.2. The number of ether oxygens (including phenoxy) is 5. The Balaban J connectivity index is 1.00. The second-order valence-electron chi connectivity index (χ2n) is 28.4. The molecule has 4 aliphatic carbocycles.